The second-order valence-electron chi connectivity index (χ2n) is 4.33. The predicted molar refractivity (Wildman–Crippen MR) is 72.2 cm³/mol. The molecule has 1 unspecified atom stereocenters. The minimum absolute atomic E-state index is 0.380. The molecule has 0 aliphatic rings. The van der Waals surface area contributed by atoms with Crippen LogP contribution < -0.4 is 11.1 Å². The van der Waals surface area contributed by atoms with Gasteiger partial charge in [0.15, 0.2) is 0 Å². The van der Waals surface area contributed by atoms with E-state index in [0.717, 1.165) is 12.1 Å². The van der Waals surface area contributed by atoms with Crippen molar-refractivity contribution in [3.63, 3.8) is 0 Å². The Morgan fingerprint density at radius 1 is 1.29 bits per heavy atom. The van der Waals surface area contributed by atoms with Crippen molar-refractivity contribution in [1.82, 2.24) is 0 Å². The molecule has 0 heterocycles. The molecule has 3 N–H and O–H groups in total. The first-order valence-electron chi connectivity index (χ1n) is 6.33. The van der Waals surface area contributed by atoms with Crippen LogP contribution in [0.15, 0.2) is 24.3 Å². The number of amides is 1. The number of primary amides is 1. The van der Waals surface area contributed by atoms with E-state index in [1.807, 2.05) is 12.1 Å². The lowest BCUT2D eigenvalue weighted by molar-refractivity contribution is 0.100. The molecule has 1 rings (SSSR count). The summed E-state index contributed by atoms with van der Waals surface area (Å²) in [6, 6.07) is 7.85. The number of nitrogens with two attached hydrogens (primary N) is 1. The number of benzene rings is 1. The average molecular weight is 234 g/mol. The van der Waals surface area contributed by atoms with E-state index < -0.39 is 0 Å². The van der Waals surface area contributed by atoms with Crippen LogP contribution in [0.4, 0.5) is 5.69 Å². The molecule has 1 atom stereocenters. The van der Waals surface area contributed by atoms with Crippen molar-refractivity contribution >= 4 is 11.6 Å². The monoisotopic (exact) mass is 234 g/mol. The van der Waals surface area contributed by atoms with Gasteiger partial charge in [-0.3, -0.25) is 4.79 Å². The number of carbonyl (C=O) groups is 1. The molecule has 0 aromatic heterocycles. The maximum atomic E-state index is 10.9. The molecule has 0 radical (unpaired) electrons. The molecule has 0 bridgehead atoms. The number of carbonyl (C=O) groups excluding carboxylic acids is 1. The van der Waals surface area contributed by atoms with Gasteiger partial charge in [-0.1, -0.05) is 26.7 Å². The summed E-state index contributed by atoms with van der Waals surface area (Å²) >= 11 is 0. The summed E-state index contributed by atoms with van der Waals surface area (Å²) in [5.41, 5.74) is 6.80. The van der Waals surface area contributed by atoms with Gasteiger partial charge >= 0.3 is 0 Å². The number of unbranched alkanes of at least 4 members (excludes halogenated alkanes) is 1. The molecule has 0 fully saturated rings. The van der Waals surface area contributed by atoms with Gasteiger partial charge in [0.1, 0.15) is 0 Å². The van der Waals surface area contributed by atoms with Gasteiger partial charge < -0.3 is 11.1 Å². The molecule has 0 saturated heterocycles. The fourth-order valence-corrected chi connectivity index (χ4v) is 1.80. The third-order valence-electron chi connectivity index (χ3n) is 2.94. The van der Waals surface area contributed by atoms with Crippen LogP contribution in [-0.4, -0.2) is 11.9 Å². The van der Waals surface area contributed by atoms with Crippen LogP contribution in [0.25, 0.3) is 0 Å². The van der Waals surface area contributed by atoms with Gasteiger partial charge in [-0.25, -0.2) is 0 Å². The molecule has 0 spiro atoms. The zero-order chi connectivity index (χ0) is 12.7. The van der Waals surface area contributed by atoms with Crippen molar-refractivity contribution in [3.8, 4) is 0 Å². The Balaban J connectivity index is 2.57. The Morgan fingerprint density at radius 3 is 2.41 bits per heavy atom. The quantitative estimate of drug-likeness (QED) is 0.761. The van der Waals surface area contributed by atoms with Crippen molar-refractivity contribution in [2.24, 2.45) is 5.73 Å². The van der Waals surface area contributed by atoms with Gasteiger partial charge in [-0.05, 0) is 37.1 Å². The first kappa shape index (κ1) is 13.6. The molecule has 3 heteroatoms. The predicted octanol–water partition coefficient (Wildman–Crippen LogP) is 3.17. The summed E-state index contributed by atoms with van der Waals surface area (Å²) in [5, 5.41) is 3.48. The Bertz CT molecular complexity index is 346. The molecule has 1 aromatic rings. The molecule has 17 heavy (non-hydrogen) atoms. The van der Waals surface area contributed by atoms with E-state index in [4.69, 9.17) is 5.73 Å². The average Bonchev–Trinajstić information content (AvgIpc) is 2.35. The summed E-state index contributed by atoms with van der Waals surface area (Å²) in [4.78, 5) is 10.9. The van der Waals surface area contributed by atoms with Crippen LogP contribution >= 0.6 is 0 Å². The Kier molecular flexibility index (Phi) is 5.53. The minimum Gasteiger partial charge on any atom is -0.382 e. The number of rotatable bonds is 7. The van der Waals surface area contributed by atoms with Crippen LogP contribution in [0.5, 0.6) is 0 Å². The van der Waals surface area contributed by atoms with E-state index in [2.05, 4.69) is 19.2 Å². The fourth-order valence-electron chi connectivity index (χ4n) is 1.80. The summed E-state index contributed by atoms with van der Waals surface area (Å²) < 4.78 is 0. The third-order valence-corrected chi connectivity index (χ3v) is 2.94. The Morgan fingerprint density at radius 2 is 1.94 bits per heavy atom. The summed E-state index contributed by atoms with van der Waals surface area (Å²) in [5.74, 6) is -0.380. The largest absolute Gasteiger partial charge is 0.382 e. The van der Waals surface area contributed by atoms with E-state index in [-0.39, 0.29) is 5.91 Å². The highest BCUT2D eigenvalue weighted by Gasteiger charge is 2.06. The van der Waals surface area contributed by atoms with E-state index in [0.29, 0.717) is 11.6 Å². The third kappa shape index (κ3) is 4.47. The molecule has 1 amide bonds. The maximum Gasteiger partial charge on any atom is 0.248 e. The molecule has 1 aromatic carbocycles. The summed E-state index contributed by atoms with van der Waals surface area (Å²) in [6.07, 6.45) is 4.76. The zero-order valence-corrected chi connectivity index (χ0v) is 10.7. The van der Waals surface area contributed by atoms with Gasteiger partial charge in [0.2, 0.25) is 5.91 Å². The molecule has 94 valence electrons. The molecule has 3 nitrogen and oxygen atoms in total. The van der Waals surface area contributed by atoms with Crippen molar-refractivity contribution in [3.05, 3.63) is 29.8 Å². The number of hydrogen-bond donors (Lipinski definition) is 2. The lowest BCUT2D eigenvalue weighted by Gasteiger charge is -2.18. The fraction of sp³-hybridized carbons (Fsp3) is 0.500. The van der Waals surface area contributed by atoms with Gasteiger partial charge in [-0.2, -0.15) is 0 Å². The van der Waals surface area contributed by atoms with Crippen LogP contribution in [0.2, 0.25) is 0 Å². The number of nitrogens with one attached hydrogen (secondary N) is 1. The maximum absolute atomic E-state index is 10.9. The molecular formula is C14H22N2O. The van der Waals surface area contributed by atoms with Crippen molar-refractivity contribution in [1.29, 1.82) is 0 Å². The number of hydrogen-bond acceptors (Lipinski definition) is 2. The second-order valence-corrected chi connectivity index (χ2v) is 4.33. The molecule has 0 saturated carbocycles. The van der Waals surface area contributed by atoms with Gasteiger partial charge in [0, 0.05) is 17.3 Å². The van der Waals surface area contributed by atoms with E-state index in [9.17, 15) is 4.79 Å². The molecule has 0 aliphatic carbocycles. The van der Waals surface area contributed by atoms with Crippen LogP contribution in [0.1, 0.15) is 49.9 Å². The van der Waals surface area contributed by atoms with E-state index in [1.54, 1.807) is 12.1 Å². The van der Waals surface area contributed by atoms with Gasteiger partial charge in [0.05, 0.1) is 0 Å². The van der Waals surface area contributed by atoms with E-state index >= 15 is 0 Å². The first-order valence-corrected chi connectivity index (χ1v) is 6.33. The van der Waals surface area contributed by atoms with Crippen LogP contribution in [0.3, 0.4) is 0 Å². The van der Waals surface area contributed by atoms with E-state index in [1.165, 1.54) is 19.3 Å². The van der Waals surface area contributed by atoms with Crippen molar-refractivity contribution < 1.29 is 4.79 Å². The minimum atomic E-state index is -0.380. The lowest BCUT2D eigenvalue weighted by Crippen LogP contribution is -2.18. The standard InChI is InChI=1S/C14H22N2O/c1-3-5-6-12(4-2)16-13-9-7-11(8-10-13)14(15)17/h7-10,12,16H,3-6H2,1-2H3,(H2,15,17). The zero-order valence-electron chi connectivity index (χ0n) is 10.7. The molecular weight excluding hydrogens is 212 g/mol. The second kappa shape index (κ2) is 6.94. The van der Waals surface area contributed by atoms with Crippen LogP contribution in [-0.2, 0) is 0 Å². The van der Waals surface area contributed by atoms with Gasteiger partial charge in [-0.15, -0.1) is 0 Å². The summed E-state index contributed by atoms with van der Waals surface area (Å²) in [7, 11) is 0. The highest BCUT2D eigenvalue weighted by atomic mass is 16.1. The molecule has 0 aliphatic heterocycles. The van der Waals surface area contributed by atoms with Gasteiger partial charge in [0.25, 0.3) is 0 Å². The number of anilines is 1. The topological polar surface area (TPSA) is 55.1 Å². The lowest BCUT2D eigenvalue weighted by atomic mass is 10.1. The highest BCUT2D eigenvalue weighted by molar-refractivity contribution is 5.93. The Labute approximate surface area is 103 Å². The first-order chi connectivity index (χ1) is 8.17. The van der Waals surface area contributed by atoms with Crippen molar-refractivity contribution in [2.75, 3.05) is 5.32 Å². The summed E-state index contributed by atoms with van der Waals surface area (Å²) in [6.45, 7) is 4.39. The highest BCUT2D eigenvalue weighted by Crippen LogP contribution is 2.14. The smallest absolute Gasteiger partial charge is 0.248 e. The Hall–Kier alpha value is -1.51. The SMILES string of the molecule is CCCCC(CC)Nc1ccc(C(N)=O)cc1. The van der Waals surface area contributed by atoms with Crippen molar-refractivity contribution in [2.45, 2.75) is 45.6 Å². The van der Waals surface area contributed by atoms with Crippen LogP contribution in [0, 0.1) is 0 Å². The normalized spacial score (nSPS) is 12.1.